The van der Waals surface area contributed by atoms with E-state index in [0.717, 1.165) is 34.5 Å². The fourth-order valence-corrected chi connectivity index (χ4v) is 4.50. The van der Waals surface area contributed by atoms with E-state index in [-0.39, 0.29) is 12.1 Å². The van der Waals surface area contributed by atoms with E-state index in [2.05, 4.69) is 22.8 Å². The summed E-state index contributed by atoms with van der Waals surface area (Å²) in [6.07, 6.45) is 5.79. The molecule has 0 aliphatic heterocycles. The van der Waals surface area contributed by atoms with Crippen LogP contribution in [-0.4, -0.2) is 17.1 Å². The molecule has 0 radical (unpaired) electrons. The molecule has 4 rings (SSSR count). The van der Waals surface area contributed by atoms with E-state index in [1.807, 2.05) is 48.5 Å². The second-order valence-electron chi connectivity index (χ2n) is 6.86. The number of benzene rings is 2. The third kappa shape index (κ3) is 4.37. The van der Waals surface area contributed by atoms with Crippen molar-refractivity contribution in [3.05, 3.63) is 60.7 Å². The van der Waals surface area contributed by atoms with Gasteiger partial charge in [0.2, 0.25) is 0 Å². The number of anilines is 1. The molecule has 2 aromatic carbocycles. The highest BCUT2D eigenvalue weighted by Gasteiger charge is 2.19. The molecule has 2 N–H and O–H groups in total. The maximum atomic E-state index is 12.4. The number of carbonyl (C=O) groups excluding carboxylic acids is 1. The van der Waals surface area contributed by atoms with Crippen molar-refractivity contribution in [2.24, 2.45) is 0 Å². The van der Waals surface area contributed by atoms with Crippen LogP contribution in [0.25, 0.3) is 21.7 Å². The number of thiazole rings is 1. The lowest BCUT2D eigenvalue weighted by Gasteiger charge is -2.22. The maximum Gasteiger partial charge on any atom is 0.321 e. The summed E-state index contributed by atoms with van der Waals surface area (Å²) < 4.78 is 0. The fraction of sp³-hybridized carbons (Fsp3) is 0.273. The molecule has 5 heteroatoms. The number of rotatable bonds is 4. The van der Waals surface area contributed by atoms with E-state index < -0.39 is 0 Å². The Kier molecular flexibility index (Phi) is 5.49. The highest BCUT2D eigenvalue weighted by atomic mass is 32.1. The number of urea groups is 1. The molecule has 138 valence electrons. The van der Waals surface area contributed by atoms with Gasteiger partial charge in [0, 0.05) is 11.6 Å². The quantitative estimate of drug-likeness (QED) is 0.592. The Labute approximate surface area is 163 Å². The van der Waals surface area contributed by atoms with Crippen molar-refractivity contribution < 1.29 is 4.79 Å². The first-order chi connectivity index (χ1) is 13.3. The number of nitrogens with zero attached hydrogens (tertiary/aromatic N) is 1. The highest BCUT2D eigenvalue weighted by Crippen LogP contribution is 2.38. The van der Waals surface area contributed by atoms with Gasteiger partial charge in [-0.1, -0.05) is 91.3 Å². The fourth-order valence-electron chi connectivity index (χ4n) is 3.52. The summed E-state index contributed by atoms with van der Waals surface area (Å²) in [6, 6.07) is 20.4. The van der Waals surface area contributed by atoms with Crippen LogP contribution in [0.1, 0.15) is 32.1 Å². The number of aromatic nitrogens is 1. The van der Waals surface area contributed by atoms with Gasteiger partial charge in [-0.05, 0) is 18.4 Å². The lowest BCUT2D eigenvalue weighted by atomic mass is 9.96. The van der Waals surface area contributed by atoms with Crippen molar-refractivity contribution in [1.82, 2.24) is 10.3 Å². The van der Waals surface area contributed by atoms with Crippen LogP contribution in [0.5, 0.6) is 0 Å². The average molecular weight is 378 g/mol. The summed E-state index contributed by atoms with van der Waals surface area (Å²) in [5, 5.41) is 6.67. The highest BCUT2D eigenvalue weighted by molar-refractivity contribution is 7.19. The molecule has 0 unspecified atom stereocenters. The van der Waals surface area contributed by atoms with Gasteiger partial charge in [0.05, 0.1) is 10.6 Å². The number of amides is 2. The number of hydrogen-bond acceptors (Lipinski definition) is 3. The van der Waals surface area contributed by atoms with Crippen LogP contribution < -0.4 is 10.6 Å². The summed E-state index contributed by atoms with van der Waals surface area (Å²) in [7, 11) is 0. The molecular weight excluding hydrogens is 354 g/mol. The Bertz CT molecular complexity index is 829. The molecule has 2 amide bonds. The molecule has 0 bridgehead atoms. The first-order valence-corrected chi connectivity index (χ1v) is 10.3. The monoisotopic (exact) mass is 377 g/mol. The van der Waals surface area contributed by atoms with Crippen molar-refractivity contribution >= 4 is 22.5 Å². The summed E-state index contributed by atoms with van der Waals surface area (Å²) >= 11 is 1.51. The van der Waals surface area contributed by atoms with E-state index in [9.17, 15) is 4.79 Å². The van der Waals surface area contributed by atoms with Crippen molar-refractivity contribution in [3.8, 4) is 21.7 Å². The summed E-state index contributed by atoms with van der Waals surface area (Å²) in [5.41, 5.74) is 3.06. The number of hydrogen-bond donors (Lipinski definition) is 2. The molecule has 1 fully saturated rings. The van der Waals surface area contributed by atoms with Crippen LogP contribution in [0, 0.1) is 0 Å². The van der Waals surface area contributed by atoms with E-state index in [0.29, 0.717) is 5.13 Å². The largest absolute Gasteiger partial charge is 0.335 e. The van der Waals surface area contributed by atoms with Gasteiger partial charge in [0.1, 0.15) is 0 Å². The Morgan fingerprint density at radius 3 is 2.19 bits per heavy atom. The Morgan fingerprint density at radius 1 is 0.889 bits per heavy atom. The molecule has 1 aliphatic carbocycles. The third-order valence-corrected chi connectivity index (χ3v) is 5.89. The molecule has 1 aliphatic rings. The minimum atomic E-state index is -0.158. The van der Waals surface area contributed by atoms with Gasteiger partial charge >= 0.3 is 6.03 Å². The van der Waals surface area contributed by atoms with Crippen molar-refractivity contribution in [2.45, 2.75) is 38.1 Å². The summed E-state index contributed by atoms with van der Waals surface area (Å²) in [5.74, 6) is 0. The Balaban J connectivity index is 1.58. The van der Waals surface area contributed by atoms with Crippen LogP contribution in [0.15, 0.2) is 60.7 Å². The second kappa shape index (κ2) is 8.35. The molecule has 27 heavy (non-hydrogen) atoms. The zero-order valence-corrected chi connectivity index (χ0v) is 16.0. The molecule has 3 aromatic rings. The minimum Gasteiger partial charge on any atom is -0.335 e. The standard InChI is InChI=1S/C22H23N3OS/c26-21(23-18-14-8-3-9-15-18)25-22-24-19(16-10-4-1-5-11-16)20(27-22)17-12-6-2-7-13-17/h1-2,4-7,10-13,18H,3,8-9,14-15H2,(H2,23,24,25,26). The predicted octanol–water partition coefficient (Wildman–Crippen LogP) is 5.93. The van der Waals surface area contributed by atoms with Gasteiger partial charge < -0.3 is 5.32 Å². The van der Waals surface area contributed by atoms with Gasteiger partial charge in [-0.2, -0.15) is 0 Å². The third-order valence-electron chi connectivity index (χ3n) is 4.87. The smallest absolute Gasteiger partial charge is 0.321 e. The molecule has 1 aromatic heterocycles. The molecule has 0 atom stereocenters. The number of nitrogens with one attached hydrogen (secondary N) is 2. The predicted molar refractivity (Wildman–Crippen MR) is 112 cm³/mol. The molecule has 4 nitrogen and oxygen atoms in total. The summed E-state index contributed by atoms with van der Waals surface area (Å²) in [4.78, 5) is 18.2. The SMILES string of the molecule is O=C(Nc1nc(-c2ccccc2)c(-c2ccccc2)s1)NC1CCCCC1. The van der Waals surface area contributed by atoms with E-state index in [1.165, 1.54) is 30.6 Å². The molecule has 0 saturated heterocycles. The van der Waals surface area contributed by atoms with Gasteiger partial charge in [-0.3, -0.25) is 5.32 Å². The lowest BCUT2D eigenvalue weighted by molar-refractivity contribution is 0.244. The number of carbonyl (C=O) groups is 1. The maximum absolute atomic E-state index is 12.4. The molecule has 0 spiro atoms. The Hall–Kier alpha value is -2.66. The molecular formula is C22H23N3OS. The van der Waals surface area contributed by atoms with Gasteiger partial charge in [0.25, 0.3) is 0 Å². The van der Waals surface area contributed by atoms with Gasteiger partial charge in [0.15, 0.2) is 5.13 Å². The zero-order valence-electron chi connectivity index (χ0n) is 15.2. The topological polar surface area (TPSA) is 54.0 Å². The molecule has 1 saturated carbocycles. The van der Waals surface area contributed by atoms with E-state index >= 15 is 0 Å². The second-order valence-corrected chi connectivity index (χ2v) is 7.86. The lowest BCUT2D eigenvalue weighted by Crippen LogP contribution is -2.38. The minimum absolute atomic E-state index is 0.158. The Morgan fingerprint density at radius 2 is 1.52 bits per heavy atom. The van der Waals surface area contributed by atoms with Crippen molar-refractivity contribution in [2.75, 3.05) is 5.32 Å². The van der Waals surface area contributed by atoms with Crippen LogP contribution in [-0.2, 0) is 0 Å². The van der Waals surface area contributed by atoms with Gasteiger partial charge in [-0.15, -0.1) is 0 Å². The normalized spacial score (nSPS) is 14.7. The van der Waals surface area contributed by atoms with Crippen LogP contribution in [0.4, 0.5) is 9.93 Å². The average Bonchev–Trinajstić information content (AvgIpc) is 3.14. The van der Waals surface area contributed by atoms with E-state index in [4.69, 9.17) is 4.98 Å². The van der Waals surface area contributed by atoms with Gasteiger partial charge in [-0.25, -0.2) is 9.78 Å². The van der Waals surface area contributed by atoms with Crippen molar-refractivity contribution in [3.63, 3.8) is 0 Å². The summed E-state index contributed by atoms with van der Waals surface area (Å²) in [6.45, 7) is 0. The molecule has 1 heterocycles. The first kappa shape index (κ1) is 17.7. The zero-order chi connectivity index (χ0) is 18.5. The van der Waals surface area contributed by atoms with Crippen LogP contribution >= 0.6 is 11.3 Å². The van der Waals surface area contributed by atoms with E-state index in [1.54, 1.807) is 0 Å². The van der Waals surface area contributed by atoms with Crippen molar-refractivity contribution in [1.29, 1.82) is 0 Å². The van der Waals surface area contributed by atoms with Crippen LogP contribution in [0.2, 0.25) is 0 Å². The van der Waals surface area contributed by atoms with Crippen LogP contribution in [0.3, 0.4) is 0 Å². The first-order valence-electron chi connectivity index (χ1n) is 9.49.